The molecule has 0 radical (unpaired) electrons. The van der Waals surface area contributed by atoms with Crippen LogP contribution in [0.1, 0.15) is 11.1 Å². The van der Waals surface area contributed by atoms with Crippen molar-refractivity contribution >= 4 is 11.8 Å². The molecule has 4 nitrogen and oxygen atoms in total. The lowest BCUT2D eigenvalue weighted by molar-refractivity contribution is 0.155. The number of halogens is 1. The number of amides is 1. The van der Waals surface area contributed by atoms with Gasteiger partial charge in [0.2, 0.25) is 0 Å². The molecule has 20 heavy (non-hydrogen) atoms. The zero-order valence-electron chi connectivity index (χ0n) is 10.9. The van der Waals surface area contributed by atoms with Crippen molar-refractivity contribution in [1.29, 1.82) is 0 Å². The summed E-state index contributed by atoms with van der Waals surface area (Å²) in [5.74, 6) is -1.25. The van der Waals surface area contributed by atoms with Crippen molar-refractivity contribution in [2.24, 2.45) is 0 Å². The fraction of sp³-hybridized carbons (Fsp3) is 0.133. The molecule has 0 spiro atoms. The van der Waals surface area contributed by atoms with E-state index in [0.717, 1.165) is 11.6 Å². The highest BCUT2D eigenvalue weighted by atomic mass is 19.1. The van der Waals surface area contributed by atoms with Crippen LogP contribution in [0.2, 0.25) is 0 Å². The van der Waals surface area contributed by atoms with Crippen LogP contribution < -0.4 is 5.32 Å². The number of benzene rings is 2. The van der Waals surface area contributed by atoms with Crippen molar-refractivity contribution in [1.82, 2.24) is 0 Å². The lowest BCUT2D eigenvalue weighted by Crippen LogP contribution is -2.14. The molecule has 0 aliphatic heterocycles. The van der Waals surface area contributed by atoms with Crippen LogP contribution in [-0.2, 0) is 11.3 Å². The van der Waals surface area contributed by atoms with Crippen LogP contribution in [0.3, 0.4) is 0 Å². The minimum atomic E-state index is -0.797. The molecule has 2 rings (SSSR count). The van der Waals surface area contributed by atoms with Gasteiger partial charge in [-0.25, -0.2) is 9.18 Å². The molecule has 5 heteroatoms. The van der Waals surface area contributed by atoms with Gasteiger partial charge in [0.05, 0.1) is 5.69 Å². The molecule has 0 fully saturated rings. The summed E-state index contributed by atoms with van der Waals surface area (Å²) in [6.07, 6.45) is -0.679. The predicted molar refractivity (Wildman–Crippen MR) is 73.1 cm³/mol. The third-order valence-electron chi connectivity index (χ3n) is 2.74. The molecular weight excluding hydrogens is 261 g/mol. The highest BCUT2D eigenvalue weighted by Gasteiger charge is 2.10. The summed E-state index contributed by atoms with van der Waals surface area (Å²) in [5, 5.41) is 11.6. The minimum Gasteiger partial charge on any atom is -0.505 e. The van der Waals surface area contributed by atoms with Crippen molar-refractivity contribution < 1.29 is 19.0 Å². The normalized spacial score (nSPS) is 10.1. The molecule has 0 bridgehead atoms. The van der Waals surface area contributed by atoms with Gasteiger partial charge >= 0.3 is 6.09 Å². The predicted octanol–water partition coefficient (Wildman–Crippen LogP) is 3.59. The first-order valence-electron chi connectivity index (χ1n) is 6.03. The highest BCUT2D eigenvalue weighted by Crippen LogP contribution is 2.24. The van der Waals surface area contributed by atoms with Gasteiger partial charge in [0.1, 0.15) is 6.61 Å². The molecule has 0 aromatic heterocycles. The summed E-state index contributed by atoms with van der Waals surface area (Å²) in [6, 6.07) is 11.5. The molecule has 2 N–H and O–H groups in total. The average Bonchev–Trinajstić information content (AvgIpc) is 2.44. The first-order chi connectivity index (χ1) is 9.56. The zero-order valence-corrected chi connectivity index (χ0v) is 10.9. The minimum absolute atomic E-state index is 0.131. The van der Waals surface area contributed by atoms with Gasteiger partial charge in [0, 0.05) is 6.07 Å². The van der Waals surface area contributed by atoms with Crippen LogP contribution >= 0.6 is 0 Å². The Hall–Kier alpha value is -2.56. The number of aryl methyl sites for hydroxylation is 1. The Bertz CT molecular complexity index is 614. The highest BCUT2D eigenvalue weighted by molar-refractivity contribution is 5.85. The van der Waals surface area contributed by atoms with Crippen LogP contribution in [0.25, 0.3) is 0 Å². The van der Waals surface area contributed by atoms with Crippen LogP contribution in [0.5, 0.6) is 5.75 Å². The summed E-state index contributed by atoms with van der Waals surface area (Å²) in [6.45, 7) is 1.78. The van der Waals surface area contributed by atoms with Crippen molar-refractivity contribution in [3.05, 3.63) is 59.4 Å². The topological polar surface area (TPSA) is 58.6 Å². The number of carbonyl (C=O) groups is 1. The summed E-state index contributed by atoms with van der Waals surface area (Å²) in [4.78, 5) is 11.6. The average molecular weight is 275 g/mol. The number of hydrogen-bond donors (Lipinski definition) is 2. The van der Waals surface area contributed by atoms with Crippen LogP contribution in [-0.4, -0.2) is 11.2 Å². The quantitative estimate of drug-likeness (QED) is 0.842. The number of phenols is 1. The molecule has 0 unspecified atom stereocenters. The Labute approximate surface area is 115 Å². The van der Waals surface area contributed by atoms with E-state index in [1.807, 2.05) is 30.3 Å². The van der Waals surface area contributed by atoms with Gasteiger partial charge in [0.15, 0.2) is 11.6 Å². The maximum absolute atomic E-state index is 13.2. The van der Waals surface area contributed by atoms with Crippen LogP contribution in [0.15, 0.2) is 42.5 Å². The molecule has 2 aromatic carbocycles. The van der Waals surface area contributed by atoms with Crippen LogP contribution in [0, 0.1) is 12.7 Å². The molecule has 0 aliphatic carbocycles. The van der Waals surface area contributed by atoms with Crippen molar-refractivity contribution in [2.75, 3.05) is 5.32 Å². The number of carbonyl (C=O) groups excluding carboxylic acids is 1. The Morgan fingerprint density at radius 3 is 2.70 bits per heavy atom. The van der Waals surface area contributed by atoms with Gasteiger partial charge in [-0.05, 0) is 24.1 Å². The molecule has 0 saturated carbocycles. The Kier molecular flexibility index (Phi) is 4.20. The van der Waals surface area contributed by atoms with E-state index in [4.69, 9.17) is 4.74 Å². The number of phenolic OH excluding ortho intramolecular Hbond substituents is 1. The number of aromatic hydroxyl groups is 1. The summed E-state index contributed by atoms with van der Waals surface area (Å²) >= 11 is 0. The summed E-state index contributed by atoms with van der Waals surface area (Å²) in [5.41, 5.74) is 1.66. The van der Waals surface area contributed by atoms with Gasteiger partial charge in [-0.15, -0.1) is 0 Å². The molecule has 0 atom stereocenters. The Morgan fingerprint density at radius 2 is 2.00 bits per heavy atom. The Balaban J connectivity index is 1.97. The third kappa shape index (κ3) is 3.47. The maximum atomic E-state index is 13.2. The monoisotopic (exact) mass is 275 g/mol. The number of hydrogen-bond acceptors (Lipinski definition) is 3. The number of rotatable bonds is 3. The van der Waals surface area contributed by atoms with Crippen molar-refractivity contribution in [3.8, 4) is 5.75 Å². The molecule has 0 saturated heterocycles. The standard InChI is InChI=1S/C15H14FNO3/c1-10-7-14(18)12(16)8-13(10)17-15(19)20-9-11-5-3-2-4-6-11/h2-8,18H,9H2,1H3,(H,17,19). The van der Waals surface area contributed by atoms with E-state index < -0.39 is 17.7 Å². The largest absolute Gasteiger partial charge is 0.505 e. The van der Waals surface area contributed by atoms with Crippen molar-refractivity contribution in [3.63, 3.8) is 0 Å². The second-order valence-corrected chi connectivity index (χ2v) is 4.31. The van der Waals surface area contributed by atoms with E-state index >= 15 is 0 Å². The molecule has 0 heterocycles. The second kappa shape index (κ2) is 6.06. The van der Waals surface area contributed by atoms with Gasteiger partial charge in [-0.3, -0.25) is 5.32 Å². The Morgan fingerprint density at radius 1 is 1.30 bits per heavy atom. The summed E-state index contributed by atoms with van der Waals surface area (Å²) < 4.78 is 18.2. The number of anilines is 1. The smallest absolute Gasteiger partial charge is 0.411 e. The first-order valence-corrected chi connectivity index (χ1v) is 6.03. The molecule has 2 aromatic rings. The lowest BCUT2D eigenvalue weighted by atomic mass is 10.2. The number of nitrogens with one attached hydrogen (secondary N) is 1. The molecular formula is C15H14FNO3. The molecule has 104 valence electrons. The second-order valence-electron chi connectivity index (χ2n) is 4.31. The fourth-order valence-corrected chi connectivity index (χ4v) is 1.67. The van der Waals surface area contributed by atoms with E-state index in [1.54, 1.807) is 6.92 Å². The first kappa shape index (κ1) is 13.9. The summed E-state index contributed by atoms with van der Waals surface area (Å²) in [7, 11) is 0. The van der Waals surface area contributed by atoms with Gasteiger partial charge < -0.3 is 9.84 Å². The third-order valence-corrected chi connectivity index (χ3v) is 2.74. The lowest BCUT2D eigenvalue weighted by Gasteiger charge is -2.10. The SMILES string of the molecule is Cc1cc(O)c(F)cc1NC(=O)OCc1ccccc1. The number of ether oxygens (including phenoxy) is 1. The fourth-order valence-electron chi connectivity index (χ4n) is 1.67. The van der Waals surface area contributed by atoms with Gasteiger partial charge in [-0.2, -0.15) is 0 Å². The maximum Gasteiger partial charge on any atom is 0.411 e. The van der Waals surface area contributed by atoms with E-state index in [0.29, 0.717) is 5.56 Å². The molecule has 0 aliphatic rings. The van der Waals surface area contributed by atoms with Gasteiger partial charge in [0.25, 0.3) is 0 Å². The van der Waals surface area contributed by atoms with E-state index in [2.05, 4.69) is 5.32 Å². The van der Waals surface area contributed by atoms with Gasteiger partial charge in [-0.1, -0.05) is 30.3 Å². The zero-order chi connectivity index (χ0) is 14.5. The van der Waals surface area contributed by atoms with Crippen LogP contribution in [0.4, 0.5) is 14.9 Å². The van der Waals surface area contributed by atoms with E-state index in [9.17, 15) is 14.3 Å². The van der Waals surface area contributed by atoms with E-state index in [-0.39, 0.29) is 12.3 Å². The van der Waals surface area contributed by atoms with E-state index in [1.165, 1.54) is 6.07 Å². The molecule has 1 amide bonds. The van der Waals surface area contributed by atoms with Crippen molar-refractivity contribution in [2.45, 2.75) is 13.5 Å².